The Morgan fingerprint density at radius 2 is 0.500 bits per heavy atom. The highest BCUT2D eigenvalue weighted by Gasteiger charge is 2.41. The Hall–Kier alpha value is -0.660. The van der Waals surface area contributed by atoms with Crippen molar-refractivity contribution in [3.63, 3.8) is 0 Å². The number of nitro groups is 3. The second-order valence-corrected chi connectivity index (χ2v) is 11.8. The lowest BCUT2D eigenvalue weighted by atomic mass is 9.84. The molecule has 3 aromatic carbocycles. The smallest absolute Gasteiger partial charge is 0.258 e. The summed E-state index contributed by atoms with van der Waals surface area (Å²) in [5, 5.41) is 26.7. The highest BCUT2D eigenvalue weighted by atomic mass is 35.5. The molecule has 0 amide bonds. The Balaban J connectivity index is 2.73. The summed E-state index contributed by atoms with van der Waals surface area (Å²) in [6.07, 6.45) is 0. The molecule has 3 rings (SSSR count). The molecule has 0 aliphatic rings. The van der Waals surface area contributed by atoms with Crippen molar-refractivity contribution < 1.29 is 14.8 Å². The third-order valence-corrected chi connectivity index (χ3v) is 10.4. The molecule has 0 saturated carbocycles. The van der Waals surface area contributed by atoms with E-state index in [0.29, 0.717) is 0 Å². The van der Waals surface area contributed by atoms with Crippen molar-refractivity contribution in [3.05, 3.63) is 107 Å². The van der Waals surface area contributed by atoms with Crippen LogP contribution in [0.3, 0.4) is 0 Å². The summed E-state index contributed by atoms with van der Waals surface area (Å²) >= 11 is 75.7. The molecular weight excluding hydrogens is 792 g/mol. The van der Waals surface area contributed by atoms with Crippen LogP contribution in [0.5, 0.6) is 0 Å². The third kappa shape index (κ3) is 5.42. The first-order valence-electron chi connectivity index (χ1n) is 9.40. The Bertz CT molecular complexity index is 1400. The fraction of sp³-hybridized carbons (Fsp3) is 0.0526. The minimum Gasteiger partial charge on any atom is -0.258 e. The van der Waals surface area contributed by atoms with Gasteiger partial charge in [0.2, 0.25) is 0 Å². The number of halogens is 12. The van der Waals surface area contributed by atoms with Gasteiger partial charge in [-0.3, -0.25) is 30.3 Å². The molecule has 0 bridgehead atoms. The normalized spacial score (nSPS) is 11.3. The molecule has 0 aromatic heterocycles. The molecule has 0 spiro atoms. The summed E-state index contributed by atoms with van der Waals surface area (Å²) in [4.78, 5) is 31.9. The fourth-order valence-corrected chi connectivity index (χ4v) is 7.23. The van der Waals surface area contributed by atoms with E-state index in [1.54, 1.807) is 0 Å². The van der Waals surface area contributed by atoms with Crippen LogP contribution in [-0.2, 0) is 0 Å². The first-order valence-corrected chi connectivity index (χ1v) is 13.9. The molecule has 0 fully saturated rings. The van der Waals surface area contributed by atoms with E-state index in [2.05, 4.69) is 0 Å². The number of benzene rings is 3. The zero-order valence-electron chi connectivity index (χ0n) is 17.9. The maximum absolute atomic E-state index is 11.6. The van der Waals surface area contributed by atoms with Crippen molar-refractivity contribution in [2.45, 2.75) is 5.92 Å². The van der Waals surface area contributed by atoms with Crippen molar-refractivity contribution in [1.82, 2.24) is 0 Å². The van der Waals surface area contributed by atoms with Gasteiger partial charge >= 0.3 is 17.1 Å². The third-order valence-electron chi connectivity index (χ3n) is 5.24. The predicted molar refractivity (Wildman–Crippen MR) is 160 cm³/mol. The highest BCUT2D eigenvalue weighted by molar-refractivity contribution is 6.53. The van der Waals surface area contributed by atoms with Gasteiger partial charge in [0.15, 0.2) is 0 Å². The van der Waals surface area contributed by atoms with Gasteiger partial charge < -0.3 is 0 Å². The topological polar surface area (TPSA) is 129 Å². The minimum atomic E-state index is -1.76. The molecular formula is C19HCl12N3O6. The van der Waals surface area contributed by atoms with E-state index in [-0.39, 0.29) is 0 Å². The van der Waals surface area contributed by atoms with Gasteiger partial charge in [0.1, 0.15) is 30.1 Å². The maximum atomic E-state index is 11.6. The van der Waals surface area contributed by atoms with Gasteiger partial charge in [-0.25, -0.2) is 0 Å². The number of nitrogens with zero attached hydrogens (tertiary/aromatic N) is 3. The van der Waals surface area contributed by atoms with Crippen LogP contribution in [0.1, 0.15) is 22.6 Å². The SMILES string of the molecule is O=[N+]([O-])c1c(Cl)c(Cl)c(C(c2c(Cl)c(Cl)c([N+](=O)[O-])c(Cl)c2Cl)c2c(Cl)c(Cl)c([N+](=O)[O-])c(Cl)c2Cl)c(Cl)c1Cl. The van der Waals surface area contributed by atoms with E-state index in [1.807, 2.05) is 0 Å². The fourth-order valence-electron chi connectivity index (χ4n) is 3.59. The van der Waals surface area contributed by atoms with Gasteiger partial charge in [-0.2, -0.15) is 0 Å². The van der Waals surface area contributed by atoms with E-state index in [4.69, 9.17) is 139 Å². The molecule has 0 aliphatic carbocycles. The largest absolute Gasteiger partial charge is 0.309 e. The van der Waals surface area contributed by atoms with Crippen molar-refractivity contribution >= 4 is 156 Å². The summed E-state index contributed by atoms with van der Waals surface area (Å²) in [5.41, 5.74) is -3.94. The lowest BCUT2D eigenvalue weighted by molar-refractivity contribution is -0.384. The van der Waals surface area contributed by atoms with Crippen LogP contribution in [0.4, 0.5) is 17.1 Å². The molecule has 212 valence electrons. The van der Waals surface area contributed by atoms with Gasteiger partial charge in [0.05, 0.1) is 44.9 Å². The predicted octanol–water partition coefficient (Wildman–Crippen LogP) is 12.4. The minimum absolute atomic E-state index is 0.418. The lowest BCUT2D eigenvalue weighted by Crippen LogP contribution is -2.12. The van der Waals surface area contributed by atoms with Crippen molar-refractivity contribution in [2.24, 2.45) is 0 Å². The van der Waals surface area contributed by atoms with Crippen LogP contribution in [0.15, 0.2) is 0 Å². The van der Waals surface area contributed by atoms with E-state index in [9.17, 15) is 30.3 Å². The zero-order valence-corrected chi connectivity index (χ0v) is 27.0. The highest BCUT2D eigenvalue weighted by Crippen LogP contribution is 2.59. The average Bonchev–Trinajstić information content (AvgIpc) is 2.85. The number of rotatable bonds is 6. The van der Waals surface area contributed by atoms with E-state index < -0.39 is 115 Å². The Morgan fingerprint density at radius 1 is 0.350 bits per heavy atom. The molecule has 9 nitrogen and oxygen atoms in total. The number of hydrogen-bond acceptors (Lipinski definition) is 6. The van der Waals surface area contributed by atoms with Crippen molar-refractivity contribution in [1.29, 1.82) is 0 Å². The summed E-state index contributed by atoms with van der Waals surface area (Å²) in [7, 11) is 0. The van der Waals surface area contributed by atoms with Crippen LogP contribution < -0.4 is 0 Å². The molecule has 0 heterocycles. The van der Waals surface area contributed by atoms with E-state index in [1.165, 1.54) is 0 Å². The monoisotopic (exact) mass is 787 g/mol. The standard InChI is InChI=1S/C19HCl12N3O6/c20-5-2(6(21)12(27)17(11(5)26)32(35)36)1(3-7(22)13(28)18(33(37)38)14(29)8(3)23)4-9(24)15(30)19(34(39)40)16(31)10(4)25/h1H. The van der Waals surface area contributed by atoms with Crippen LogP contribution in [0.25, 0.3) is 0 Å². The second-order valence-electron chi connectivity index (χ2n) is 7.26. The van der Waals surface area contributed by atoms with Crippen molar-refractivity contribution in [3.8, 4) is 0 Å². The van der Waals surface area contributed by atoms with Crippen LogP contribution in [-0.4, -0.2) is 14.8 Å². The molecule has 21 heteroatoms. The van der Waals surface area contributed by atoms with Crippen LogP contribution in [0.2, 0.25) is 60.3 Å². The maximum Gasteiger partial charge on any atom is 0.309 e. The molecule has 0 atom stereocenters. The number of nitro benzene ring substituents is 3. The van der Waals surface area contributed by atoms with Gasteiger partial charge in [-0.15, -0.1) is 0 Å². The first-order chi connectivity index (χ1) is 18.4. The zero-order chi connectivity index (χ0) is 30.7. The molecule has 0 radical (unpaired) electrons. The Labute approximate surface area is 282 Å². The molecule has 40 heavy (non-hydrogen) atoms. The van der Waals surface area contributed by atoms with E-state index >= 15 is 0 Å². The summed E-state index contributed by atoms with van der Waals surface area (Å²) < 4.78 is 0. The lowest BCUT2D eigenvalue weighted by Gasteiger charge is -2.27. The van der Waals surface area contributed by atoms with Gasteiger partial charge in [0.25, 0.3) is 0 Å². The quantitative estimate of drug-likeness (QED) is 0.106. The Kier molecular flexibility index (Phi) is 10.6. The molecule has 0 aliphatic heterocycles. The van der Waals surface area contributed by atoms with Gasteiger partial charge in [0, 0.05) is 22.6 Å². The van der Waals surface area contributed by atoms with Gasteiger partial charge in [-0.1, -0.05) is 139 Å². The summed E-state index contributed by atoms with van der Waals surface area (Å²) in [6, 6.07) is 0. The molecule has 0 unspecified atom stereocenters. The summed E-state index contributed by atoms with van der Waals surface area (Å²) in [5.74, 6) is -1.76. The Morgan fingerprint density at radius 3 is 0.625 bits per heavy atom. The number of hydrogen-bond donors (Lipinski definition) is 0. The average molecular weight is 793 g/mol. The summed E-state index contributed by atoms with van der Waals surface area (Å²) in [6.45, 7) is 0. The van der Waals surface area contributed by atoms with Crippen LogP contribution >= 0.6 is 139 Å². The first kappa shape index (κ1) is 33.8. The molecule has 0 N–H and O–H groups in total. The van der Waals surface area contributed by atoms with Crippen molar-refractivity contribution in [2.75, 3.05) is 0 Å². The molecule has 3 aromatic rings. The van der Waals surface area contributed by atoms with Crippen LogP contribution in [0, 0.1) is 30.3 Å². The van der Waals surface area contributed by atoms with E-state index in [0.717, 1.165) is 0 Å². The second kappa shape index (κ2) is 12.5. The van der Waals surface area contributed by atoms with Gasteiger partial charge in [-0.05, 0) is 0 Å². The molecule has 0 saturated heterocycles.